The summed E-state index contributed by atoms with van der Waals surface area (Å²) in [4.78, 5) is 29.8. The molecule has 4 aromatic rings. The van der Waals surface area contributed by atoms with Gasteiger partial charge in [0, 0.05) is 37.0 Å². The van der Waals surface area contributed by atoms with E-state index in [1.165, 1.54) is 11.1 Å². The van der Waals surface area contributed by atoms with Gasteiger partial charge in [0.05, 0.1) is 0 Å². The maximum Gasteiger partial charge on any atom is 0.278 e. The fraction of sp³-hybridized carbons (Fsp3) is 0.429. The standard InChI is InChI=1S/C28H36N8O2S/c1-34(2)22-13-11-19-14-21(12-10-20(19)15-22)30-28-29-16-23-26(32-28)36(35(27(23)37)17-18-8-9-18)25-7-5-6-24(31-25)33-39(3,4)38/h5-7,10,12,14,16,18,22,39H,8-9,11,13,15,17H2,1-4H3,(H,29,30,32)(H,31,33,38). The van der Waals surface area contributed by atoms with Crippen LogP contribution >= 0.6 is 0 Å². The lowest BCUT2D eigenvalue weighted by Gasteiger charge is -2.30. The van der Waals surface area contributed by atoms with E-state index >= 15 is 0 Å². The molecule has 0 aliphatic heterocycles. The van der Waals surface area contributed by atoms with Crippen molar-refractivity contribution in [1.29, 1.82) is 0 Å². The first-order chi connectivity index (χ1) is 18.6. The summed E-state index contributed by atoms with van der Waals surface area (Å²) in [5.74, 6) is 1.91. The molecule has 0 bridgehead atoms. The molecule has 2 N–H and O–H groups in total. The highest BCUT2D eigenvalue weighted by Crippen LogP contribution is 2.31. The van der Waals surface area contributed by atoms with Gasteiger partial charge < -0.3 is 14.9 Å². The average Bonchev–Trinajstić information content (AvgIpc) is 3.67. The Morgan fingerprint density at radius 1 is 1.08 bits per heavy atom. The number of nitrogens with one attached hydrogen (secondary N) is 2. The Labute approximate surface area is 229 Å². The van der Waals surface area contributed by atoms with Crippen LogP contribution in [0.2, 0.25) is 0 Å². The van der Waals surface area contributed by atoms with Crippen molar-refractivity contribution in [2.75, 3.05) is 36.6 Å². The molecule has 0 radical (unpaired) electrons. The number of hydrogen-bond donors (Lipinski definition) is 3. The molecule has 39 heavy (non-hydrogen) atoms. The molecule has 1 fully saturated rings. The topological polar surface area (TPSA) is 110 Å². The third-order valence-electron chi connectivity index (χ3n) is 7.53. The van der Waals surface area contributed by atoms with Crippen molar-refractivity contribution >= 4 is 38.6 Å². The maximum absolute atomic E-state index is 13.5. The molecule has 2 aliphatic rings. The monoisotopic (exact) mass is 548 g/mol. The van der Waals surface area contributed by atoms with E-state index in [1.54, 1.807) is 34.1 Å². The van der Waals surface area contributed by atoms with Crippen molar-refractivity contribution < 1.29 is 4.21 Å². The fourth-order valence-electron chi connectivity index (χ4n) is 5.29. The quantitative estimate of drug-likeness (QED) is 0.290. The summed E-state index contributed by atoms with van der Waals surface area (Å²) in [6.45, 7) is 0.593. The minimum atomic E-state index is -2.56. The molecule has 0 amide bonds. The number of nitrogens with zero attached hydrogens (tertiary/aromatic N) is 6. The molecule has 10 nitrogen and oxygen atoms in total. The zero-order chi connectivity index (χ0) is 27.3. The second-order valence-corrected chi connectivity index (χ2v) is 14.3. The number of pyridine rings is 1. The van der Waals surface area contributed by atoms with Crippen LogP contribution in [0.5, 0.6) is 0 Å². The molecule has 0 saturated heterocycles. The van der Waals surface area contributed by atoms with E-state index in [4.69, 9.17) is 9.97 Å². The number of thiol groups is 1. The molecule has 3 aromatic heterocycles. The van der Waals surface area contributed by atoms with Crippen molar-refractivity contribution in [2.45, 2.75) is 44.7 Å². The van der Waals surface area contributed by atoms with E-state index in [9.17, 15) is 9.00 Å². The number of hydrogen-bond acceptors (Lipinski definition) is 7. The van der Waals surface area contributed by atoms with Gasteiger partial charge in [-0.05, 0) is 97.6 Å². The minimum absolute atomic E-state index is 0.135. The van der Waals surface area contributed by atoms with Crippen LogP contribution in [0.15, 0.2) is 47.4 Å². The van der Waals surface area contributed by atoms with Crippen LogP contribution in [0.3, 0.4) is 0 Å². The molecule has 11 heteroatoms. The van der Waals surface area contributed by atoms with Crippen LogP contribution in [-0.4, -0.2) is 66.1 Å². The Balaban J connectivity index is 1.38. The van der Waals surface area contributed by atoms with E-state index in [-0.39, 0.29) is 5.56 Å². The number of anilines is 3. The summed E-state index contributed by atoms with van der Waals surface area (Å²) >= 11 is 0. The average molecular weight is 549 g/mol. The maximum atomic E-state index is 13.5. The Kier molecular flexibility index (Phi) is 6.50. The lowest BCUT2D eigenvalue weighted by molar-refractivity contribution is 0.268. The molecule has 206 valence electrons. The molecule has 2 aliphatic carbocycles. The van der Waals surface area contributed by atoms with Crippen LogP contribution < -0.4 is 15.6 Å². The van der Waals surface area contributed by atoms with Gasteiger partial charge in [0.1, 0.15) is 11.2 Å². The van der Waals surface area contributed by atoms with Gasteiger partial charge in [-0.1, -0.05) is 12.1 Å². The van der Waals surface area contributed by atoms with E-state index in [0.29, 0.717) is 47.1 Å². The van der Waals surface area contributed by atoms with Gasteiger partial charge in [0.15, 0.2) is 11.5 Å². The van der Waals surface area contributed by atoms with Gasteiger partial charge >= 0.3 is 0 Å². The fourth-order valence-corrected chi connectivity index (χ4v) is 5.97. The highest BCUT2D eigenvalue weighted by molar-refractivity contribution is 8.02. The number of aromatic nitrogens is 5. The molecule has 6 rings (SSSR count). The third-order valence-corrected chi connectivity index (χ3v) is 8.30. The molecular formula is C28H36N8O2S. The van der Waals surface area contributed by atoms with Crippen molar-refractivity contribution in [2.24, 2.45) is 5.92 Å². The summed E-state index contributed by atoms with van der Waals surface area (Å²) in [5.41, 5.74) is 4.02. The van der Waals surface area contributed by atoms with Crippen LogP contribution in [0, 0.1) is 5.92 Å². The summed E-state index contributed by atoms with van der Waals surface area (Å²) in [6, 6.07) is 12.5. The molecule has 1 aromatic carbocycles. The third kappa shape index (κ3) is 5.46. The summed E-state index contributed by atoms with van der Waals surface area (Å²) < 4.78 is 18.9. The van der Waals surface area contributed by atoms with Crippen LogP contribution in [0.25, 0.3) is 16.9 Å². The molecule has 0 spiro atoms. The number of benzene rings is 1. The second kappa shape index (κ2) is 9.87. The summed E-state index contributed by atoms with van der Waals surface area (Å²) in [7, 11) is 1.73. The normalized spacial score (nSPS) is 17.8. The Morgan fingerprint density at radius 3 is 2.64 bits per heavy atom. The molecule has 1 saturated carbocycles. The van der Waals surface area contributed by atoms with Crippen LogP contribution in [-0.2, 0) is 29.5 Å². The highest BCUT2D eigenvalue weighted by Gasteiger charge is 2.27. The van der Waals surface area contributed by atoms with Gasteiger partial charge in [-0.15, -0.1) is 0 Å². The number of aryl methyl sites for hydroxylation is 1. The second-order valence-electron chi connectivity index (χ2n) is 11.4. The zero-order valence-electron chi connectivity index (χ0n) is 22.9. The van der Waals surface area contributed by atoms with Crippen molar-refractivity contribution in [3.05, 3.63) is 64.1 Å². The summed E-state index contributed by atoms with van der Waals surface area (Å²) in [6.07, 6.45) is 10.3. The first-order valence-electron chi connectivity index (χ1n) is 13.5. The molecule has 1 unspecified atom stereocenters. The largest absolute Gasteiger partial charge is 0.324 e. The number of rotatable bonds is 8. The van der Waals surface area contributed by atoms with E-state index in [0.717, 1.165) is 37.8 Å². The SMILES string of the molecule is CN(C)C1CCc2cc(Nc3ncc4c(=O)n(CC5CC5)n(-c5cccc(N[SH](C)(C)=O)n5)c4n3)ccc2C1. The first-order valence-corrected chi connectivity index (χ1v) is 16.1. The highest BCUT2D eigenvalue weighted by atomic mass is 32.3. The van der Waals surface area contributed by atoms with Crippen molar-refractivity contribution in [3.63, 3.8) is 0 Å². The van der Waals surface area contributed by atoms with Gasteiger partial charge in [-0.2, -0.15) is 4.98 Å². The van der Waals surface area contributed by atoms with E-state index in [1.807, 2.05) is 12.1 Å². The van der Waals surface area contributed by atoms with E-state index in [2.05, 4.69) is 52.2 Å². The van der Waals surface area contributed by atoms with Crippen molar-refractivity contribution in [1.82, 2.24) is 29.2 Å². The Morgan fingerprint density at radius 2 is 1.90 bits per heavy atom. The smallest absolute Gasteiger partial charge is 0.278 e. The lowest BCUT2D eigenvalue weighted by atomic mass is 9.87. The van der Waals surface area contributed by atoms with E-state index < -0.39 is 10.1 Å². The molecule has 1 atom stereocenters. The van der Waals surface area contributed by atoms with Crippen LogP contribution in [0.1, 0.15) is 30.4 Å². The summed E-state index contributed by atoms with van der Waals surface area (Å²) in [5, 5.41) is 3.80. The predicted octanol–water partition coefficient (Wildman–Crippen LogP) is 3.15. The number of fused-ring (bicyclic) bond motifs is 2. The minimum Gasteiger partial charge on any atom is -0.324 e. The molecular weight excluding hydrogens is 512 g/mol. The lowest BCUT2D eigenvalue weighted by Crippen LogP contribution is -2.33. The van der Waals surface area contributed by atoms with Crippen LogP contribution in [0.4, 0.5) is 17.5 Å². The predicted molar refractivity (Wildman–Crippen MR) is 158 cm³/mol. The molecule has 3 heterocycles. The van der Waals surface area contributed by atoms with Gasteiger partial charge in [-0.25, -0.2) is 19.3 Å². The zero-order valence-corrected chi connectivity index (χ0v) is 23.8. The number of likely N-dealkylation sites (N-methyl/N-ethyl adjacent to an activating group) is 1. The van der Waals surface area contributed by atoms with Gasteiger partial charge in [0.25, 0.3) is 5.56 Å². The van der Waals surface area contributed by atoms with Gasteiger partial charge in [0.2, 0.25) is 5.95 Å². The Hall–Kier alpha value is -3.57. The van der Waals surface area contributed by atoms with Gasteiger partial charge in [-0.3, -0.25) is 9.00 Å². The first kappa shape index (κ1) is 25.7. The Bertz CT molecular complexity index is 1650. The van der Waals surface area contributed by atoms with Crippen molar-refractivity contribution in [3.8, 4) is 5.82 Å².